The summed E-state index contributed by atoms with van der Waals surface area (Å²) >= 11 is 1.10. The van der Waals surface area contributed by atoms with Gasteiger partial charge in [-0.25, -0.2) is 0 Å². The van der Waals surface area contributed by atoms with Gasteiger partial charge in [-0.2, -0.15) is 4.98 Å². The lowest BCUT2D eigenvalue weighted by Gasteiger charge is -2.31. The third kappa shape index (κ3) is 4.86. The minimum Gasteiger partial charge on any atom is -0.481 e. The van der Waals surface area contributed by atoms with Gasteiger partial charge in [-0.3, -0.25) is 9.59 Å². The summed E-state index contributed by atoms with van der Waals surface area (Å²) in [5.41, 5.74) is -0.319. The minimum absolute atomic E-state index is 0.0786. The van der Waals surface area contributed by atoms with Gasteiger partial charge in [0.05, 0.1) is 5.75 Å². The van der Waals surface area contributed by atoms with Gasteiger partial charge in [0.15, 0.2) is 5.16 Å². The Morgan fingerprint density at radius 3 is 2.81 bits per heavy atom. The molecule has 0 amide bonds. The molecule has 0 saturated carbocycles. The second-order valence-electron chi connectivity index (χ2n) is 5.26. The standard InChI is InChI=1S/C14H21N3O3S/c1-2-16-6-3-11(4-7-16)9-17-8-5-12(18)15-14(17)21-10-13(19)20/h5,8,11H,2-4,6-7,9-10H2,1H3,(H,19,20). The number of thioether (sulfide) groups is 1. The average Bonchev–Trinajstić information content (AvgIpc) is 2.48. The maximum atomic E-state index is 11.4. The highest BCUT2D eigenvalue weighted by Gasteiger charge is 2.19. The number of likely N-dealkylation sites (tertiary alicyclic amines) is 1. The molecule has 0 atom stereocenters. The summed E-state index contributed by atoms with van der Waals surface area (Å²) in [6.07, 6.45) is 3.98. The van der Waals surface area contributed by atoms with Gasteiger partial charge in [-0.05, 0) is 38.4 Å². The molecular weight excluding hydrogens is 290 g/mol. The number of hydrogen-bond donors (Lipinski definition) is 1. The van der Waals surface area contributed by atoms with Gasteiger partial charge in [0, 0.05) is 18.8 Å². The highest BCUT2D eigenvalue weighted by atomic mass is 32.2. The molecule has 0 unspecified atom stereocenters. The third-order valence-corrected chi connectivity index (χ3v) is 4.76. The summed E-state index contributed by atoms with van der Waals surface area (Å²) in [4.78, 5) is 28.4. The van der Waals surface area contributed by atoms with Crippen molar-refractivity contribution in [2.24, 2.45) is 5.92 Å². The number of hydrogen-bond acceptors (Lipinski definition) is 5. The van der Waals surface area contributed by atoms with Gasteiger partial charge in [0.2, 0.25) is 0 Å². The van der Waals surface area contributed by atoms with Gasteiger partial charge in [0.25, 0.3) is 5.56 Å². The predicted molar refractivity (Wildman–Crippen MR) is 81.7 cm³/mol. The Morgan fingerprint density at radius 2 is 2.19 bits per heavy atom. The van der Waals surface area contributed by atoms with Crippen LogP contribution in [-0.2, 0) is 11.3 Å². The number of rotatable bonds is 6. The molecule has 1 N–H and O–H groups in total. The van der Waals surface area contributed by atoms with Crippen molar-refractivity contribution < 1.29 is 9.90 Å². The zero-order valence-corrected chi connectivity index (χ0v) is 13.0. The van der Waals surface area contributed by atoms with Crippen molar-refractivity contribution in [2.45, 2.75) is 31.5 Å². The first-order valence-electron chi connectivity index (χ1n) is 7.23. The van der Waals surface area contributed by atoms with Gasteiger partial charge in [0.1, 0.15) is 0 Å². The Morgan fingerprint density at radius 1 is 1.48 bits per heavy atom. The molecule has 1 aliphatic heterocycles. The molecule has 0 radical (unpaired) electrons. The molecule has 7 heteroatoms. The van der Waals surface area contributed by atoms with E-state index < -0.39 is 5.97 Å². The molecule has 1 aromatic heterocycles. The number of carbonyl (C=O) groups is 1. The van der Waals surface area contributed by atoms with E-state index in [4.69, 9.17) is 5.11 Å². The van der Waals surface area contributed by atoms with E-state index in [9.17, 15) is 9.59 Å². The van der Waals surface area contributed by atoms with Gasteiger partial charge < -0.3 is 14.6 Å². The van der Waals surface area contributed by atoms with Crippen molar-refractivity contribution in [1.82, 2.24) is 14.5 Å². The molecule has 6 nitrogen and oxygen atoms in total. The molecule has 2 rings (SSSR count). The molecule has 21 heavy (non-hydrogen) atoms. The van der Waals surface area contributed by atoms with Crippen LogP contribution in [0.25, 0.3) is 0 Å². The Hall–Kier alpha value is -1.34. The van der Waals surface area contributed by atoms with E-state index in [-0.39, 0.29) is 11.3 Å². The number of carboxylic acid groups (broad SMARTS) is 1. The van der Waals surface area contributed by atoms with Gasteiger partial charge in [-0.15, -0.1) is 0 Å². The Kier molecular flexibility index (Phi) is 5.81. The Labute approximate surface area is 128 Å². The maximum Gasteiger partial charge on any atom is 0.313 e. The zero-order valence-electron chi connectivity index (χ0n) is 12.2. The molecule has 0 aliphatic carbocycles. The summed E-state index contributed by atoms with van der Waals surface area (Å²) in [7, 11) is 0. The van der Waals surface area contributed by atoms with Crippen LogP contribution < -0.4 is 5.56 Å². The van der Waals surface area contributed by atoms with Crippen LogP contribution in [0.15, 0.2) is 22.2 Å². The monoisotopic (exact) mass is 311 g/mol. The molecule has 1 aromatic rings. The number of nitrogens with zero attached hydrogens (tertiary/aromatic N) is 3. The fraction of sp³-hybridized carbons (Fsp3) is 0.643. The van der Waals surface area contributed by atoms with Crippen molar-refractivity contribution >= 4 is 17.7 Å². The summed E-state index contributed by atoms with van der Waals surface area (Å²) in [5.74, 6) is -0.424. The highest BCUT2D eigenvalue weighted by Crippen LogP contribution is 2.21. The van der Waals surface area contributed by atoms with Crippen LogP contribution in [0, 0.1) is 5.92 Å². The Balaban J connectivity index is 2.02. The van der Waals surface area contributed by atoms with Gasteiger partial charge in [-0.1, -0.05) is 18.7 Å². The van der Waals surface area contributed by atoms with E-state index in [1.807, 2.05) is 4.57 Å². The van der Waals surface area contributed by atoms with Crippen LogP contribution in [0.1, 0.15) is 19.8 Å². The van der Waals surface area contributed by atoms with E-state index in [1.54, 1.807) is 6.20 Å². The average molecular weight is 311 g/mol. The van der Waals surface area contributed by atoms with Crippen molar-refractivity contribution in [3.8, 4) is 0 Å². The smallest absolute Gasteiger partial charge is 0.313 e. The molecule has 0 aromatic carbocycles. The fourth-order valence-electron chi connectivity index (χ4n) is 2.56. The van der Waals surface area contributed by atoms with E-state index >= 15 is 0 Å². The van der Waals surface area contributed by atoms with Crippen LogP contribution in [0.4, 0.5) is 0 Å². The molecular formula is C14H21N3O3S. The number of piperidine rings is 1. The van der Waals surface area contributed by atoms with Crippen molar-refractivity contribution in [3.63, 3.8) is 0 Å². The van der Waals surface area contributed by atoms with Crippen LogP contribution in [0.2, 0.25) is 0 Å². The first-order chi connectivity index (χ1) is 10.1. The van der Waals surface area contributed by atoms with Crippen LogP contribution in [0.5, 0.6) is 0 Å². The second kappa shape index (κ2) is 7.61. The molecule has 1 saturated heterocycles. The lowest BCUT2D eigenvalue weighted by atomic mass is 9.97. The number of aromatic nitrogens is 2. The number of aliphatic carboxylic acids is 1. The molecule has 1 aliphatic rings. The summed E-state index contributed by atoms with van der Waals surface area (Å²) in [6.45, 7) is 6.27. The van der Waals surface area contributed by atoms with E-state index in [0.29, 0.717) is 11.1 Å². The van der Waals surface area contributed by atoms with E-state index in [2.05, 4.69) is 16.8 Å². The molecule has 0 spiro atoms. The molecule has 116 valence electrons. The van der Waals surface area contributed by atoms with Crippen LogP contribution in [0.3, 0.4) is 0 Å². The van der Waals surface area contributed by atoms with E-state index in [0.717, 1.165) is 50.8 Å². The lowest BCUT2D eigenvalue weighted by molar-refractivity contribution is -0.133. The minimum atomic E-state index is -0.902. The summed E-state index contributed by atoms with van der Waals surface area (Å²) in [5, 5.41) is 9.27. The fourth-order valence-corrected chi connectivity index (χ4v) is 3.27. The Bertz CT molecular complexity index is 539. The maximum absolute atomic E-state index is 11.4. The first-order valence-corrected chi connectivity index (χ1v) is 8.21. The predicted octanol–water partition coefficient (Wildman–Crippen LogP) is 1.15. The summed E-state index contributed by atoms with van der Waals surface area (Å²) in [6, 6.07) is 1.44. The number of carboxylic acids is 1. The van der Waals surface area contributed by atoms with Crippen molar-refractivity contribution in [2.75, 3.05) is 25.4 Å². The second-order valence-corrected chi connectivity index (χ2v) is 6.20. The third-order valence-electron chi connectivity index (χ3n) is 3.78. The molecule has 0 bridgehead atoms. The normalized spacial score (nSPS) is 17.0. The first kappa shape index (κ1) is 16.0. The SMILES string of the molecule is CCN1CCC(Cn2ccc(=O)nc2SCC(=O)O)CC1. The largest absolute Gasteiger partial charge is 0.481 e. The van der Waals surface area contributed by atoms with Crippen molar-refractivity contribution in [1.29, 1.82) is 0 Å². The van der Waals surface area contributed by atoms with Crippen molar-refractivity contribution in [3.05, 3.63) is 22.6 Å². The summed E-state index contributed by atoms with van der Waals surface area (Å²) < 4.78 is 1.92. The lowest BCUT2D eigenvalue weighted by Crippen LogP contribution is -2.35. The van der Waals surface area contributed by atoms with Crippen LogP contribution in [-0.4, -0.2) is 50.9 Å². The zero-order chi connectivity index (χ0) is 15.2. The van der Waals surface area contributed by atoms with Gasteiger partial charge >= 0.3 is 5.97 Å². The van der Waals surface area contributed by atoms with E-state index in [1.165, 1.54) is 6.07 Å². The quantitative estimate of drug-likeness (QED) is 0.627. The molecule has 1 fully saturated rings. The van der Waals surface area contributed by atoms with Crippen LogP contribution >= 0.6 is 11.8 Å². The highest BCUT2D eigenvalue weighted by molar-refractivity contribution is 7.99. The molecule has 2 heterocycles. The topological polar surface area (TPSA) is 75.4 Å².